The van der Waals surface area contributed by atoms with Gasteiger partial charge in [-0.05, 0) is 23.8 Å². The number of nitrogens with one attached hydrogen (secondary N) is 2. The molecule has 2 aliphatic heterocycles. The van der Waals surface area contributed by atoms with Crippen molar-refractivity contribution in [3.05, 3.63) is 48.6 Å². The number of benzene rings is 1. The summed E-state index contributed by atoms with van der Waals surface area (Å²) in [6, 6.07) is 8.39. The summed E-state index contributed by atoms with van der Waals surface area (Å²) in [6.45, 7) is 2.49. The number of anilines is 2. The molecule has 0 spiro atoms. The third-order valence-corrected chi connectivity index (χ3v) is 5.45. The first kappa shape index (κ1) is 14.7. The average molecular weight is 351 g/mol. The zero-order valence-electron chi connectivity index (χ0n) is 13.5. The Morgan fingerprint density at radius 1 is 1.20 bits per heavy atom. The zero-order chi connectivity index (χ0) is 16.6. The van der Waals surface area contributed by atoms with Gasteiger partial charge in [0.1, 0.15) is 30.1 Å². The summed E-state index contributed by atoms with van der Waals surface area (Å²) in [4.78, 5) is 15.4. The second-order valence-electron chi connectivity index (χ2n) is 5.96. The SMILES string of the molecule is C1=C(c2ccc3c(c2)OCCN3)SCCN1c1ncnc2[nH]ccc12. The first-order valence-corrected chi connectivity index (χ1v) is 9.27. The number of aromatic amines is 1. The number of aromatic nitrogens is 3. The fourth-order valence-corrected chi connectivity index (χ4v) is 4.20. The lowest BCUT2D eigenvalue weighted by atomic mass is 10.1. The molecule has 0 bridgehead atoms. The Labute approximate surface area is 149 Å². The van der Waals surface area contributed by atoms with Crippen LogP contribution in [-0.4, -0.2) is 40.4 Å². The van der Waals surface area contributed by atoms with Crippen LogP contribution in [-0.2, 0) is 0 Å². The fourth-order valence-electron chi connectivity index (χ4n) is 3.20. The minimum absolute atomic E-state index is 0.709. The van der Waals surface area contributed by atoms with Crippen LogP contribution in [0.5, 0.6) is 5.75 Å². The molecule has 5 rings (SSSR count). The highest BCUT2D eigenvalue weighted by Crippen LogP contribution is 2.38. The van der Waals surface area contributed by atoms with E-state index in [2.05, 4.69) is 49.6 Å². The van der Waals surface area contributed by atoms with Gasteiger partial charge in [-0.2, -0.15) is 0 Å². The maximum atomic E-state index is 5.78. The first-order chi connectivity index (χ1) is 12.4. The highest BCUT2D eigenvalue weighted by Gasteiger charge is 2.19. The Hall–Kier alpha value is -2.67. The summed E-state index contributed by atoms with van der Waals surface area (Å²) in [5.41, 5.74) is 3.11. The van der Waals surface area contributed by atoms with E-state index in [-0.39, 0.29) is 0 Å². The number of thioether (sulfide) groups is 1. The minimum Gasteiger partial charge on any atom is -0.490 e. The number of fused-ring (bicyclic) bond motifs is 2. The highest BCUT2D eigenvalue weighted by atomic mass is 32.2. The van der Waals surface area contributed by atoms with Crippen molar-refractivity contribution in [2.24, 2.45) is 0 Å². The molecule has 7 heteroatoms. The maximum Gasteiger partial charge on any atom is 0.145 e. The molecule has 2 aliphatic rings. The Morgan fingerprint density at radius 3 is 3.20 bits per heavy atom. The third-order valence-electron chi connectivity index (χ3n) is 4.41. The van der Waals surface area contributed by atoms with E-state index in [9.17, 15) is 0 Å². The van der Waals surface area contributed by atoms with Gasteiger partial charge in [0.05, 0.1) is 11.1 Å². The predicted octanol–water partition coefficient (Wildman–Crippen LogP) is 3.31. The lowest BCUT2D eigenvalue weighted by Crippen LogP contribution is -2.24. The quantitative estimate of drug-likeness (QED) is 0.738. The molecule has 0 saturated heterocycles. The predicted molar refractivity (Wildman–Crippen MR) is 102 cm³/mol. The maximum absolute atomic E-state index is 5.78. The number of hydrogen-bond donors (Lipinski definition) is 2. The molecule has 2 N–H and O–H groups in total. The van der Waals surface area contributed by atoms with Gasteiger partial charge < -0.3 is 19.9 Å². The van der Waals surface area contributed by atoms with Crippen LogP contribution in [0.25, 0.3) is 15.9 Å². The summed E-state index contributed by atoms with van der Waals surface area (Å²) in [7, 11) is 0. The topological polar surface area (TPSA) is 66.1 Å². The molecular formula is C18H17N5OS. The average Bonchev–Trinajstić information content (AvgIpc) is 3.16. The Bertz CT molecular complexity index is 967. The Kier molecular flexibility index (Phi) is 3.52. The second-order valence-corrected chi connectivity index (χ2v) is 7.10. The van der Waals surface area contributed by atoms with Crippen LogP contribution in [0, 0.1) is 0 Å². The molecule has 3 aromatic rings. The van der Waals surface area contributed by atoms with E-state index >= 15 is 0 Å². The standard InChI is InChI=1S/C18H17N5OS/c1-2-14-15(24-7-5-19-14)9-12(1)16-10-23(6-8-25-16)18-13-3-4-20-17(13)21-11-22-18/h1-4,9-11,19H,5-8H2,(H,20,21,22). The van der Waals surface area contributed by atoms with Crippen molar-refractivity contribution in [1.82, 2.24) is 15.0 Å². The largest absolute Gasteiger partial charge is 0.490 e. The van der Waals surface area contributed by atoms with Gasteiger partial charge in [-0.15, -0.1) is 11.8 Å². The monoisotopic (exact) mass is 351 g/mol. The molecular weight excluding hydrogens is 334 g/mol. The molecule has 126 valence electrons. The lowest BCUT2D eigenvalue weighted by molar-refractivity contribution is 0.323. The molecule has 0 fully saturated rings. The van der Waals surface area contributed by atoms with Crippen molar-refractivity contribution in [3.63, 3.8) is 0 Å². The van der Waals surface area contributed by atoms with Gasteiger partial charge in [-0.3, -0.25) is 0 Å². The summed E-state index contributed by atoms with van der Waals surface area (Å²) in [5.74, 6) is 2.88. The number of H-pyrrole nitrogens is 1. The van der Waals surface area contributed by atoms with Crippen LogP contribution in [0.2, 0.25) is 0 Å². The molecule has 4 heterocycles. The molecule has 0 amide bonds. The third kappa shape index (κ3) is 2.60. The van der Waals surface area contributed by atoms with Crippen LogP contribution in [0.4, 0.5) is 11.5 Å². The van der Waals surface area contributed by atoms with E-state index in [1.807, 2.05) is 24.0 Å². The smallest absolute Gasteiger partial charge is 0.145 e. The second kappa shape index (κ2) is 6.00. The van der Waals surface area contributed by atoms with Gasteiger partial charge in [0.2, 0.25) is 0 Å². The van der Waals surface area contributed by atoms with E-state index in [0.717, 1.165) is 47.1 Å². The summed E-state index contributed by atoms with van der Waals surface area (Å²) < 4.78 is 5.78. The number of nitrogens with zero attached hydrogens (tertiary/aromatic N) is 3. The minimum atomic E-state index is 0.709. The van der Waals surface area contributed by atoms with E-state index < -0.39 is 0 Å². The van der Waals surface area contributed by atoms with Gasteiger partial charge in [0, 0.05) is 36.1 Å². The van der Waals surface area contributed by atoms with E-state index in [0.29, 0.717) is 6.61 Å². The van der Waals surface area contributed by atoms with Crippen LogP contribution in [0.3, 0.4) is 0 Å². The molecule has 0 aliphatic carbocycles. The first-order valence-electron chi connectivity index (χ1n) is 8.29. The normalized spacial score (nSPS) is 16.8. The molecule has 0 radical (unpaired) electrons. The van der Waals surface area contributed by atoms with Crippen molar-refractivity contribution in [2.45, 2.75) is 0 Å². The van der Waals surface area contributed by atoms with Gasteiger partial charge in [0.25, 0.3) is 0 Å². The molecule has 1 aromatic carbocycles. The van der Waals surface area contributed by atoms with Crippen LogP contribution < -0.4 is 15.0 Å². The lowest BCUT2D eigenvalue weighted by Gasteiger charge is -2.27. The van der Waals surface area contributed by atoms with Crippen molar-refractivity contribution in [2.75, 3.05) is 35.7 Å². The van der Waals surface area contributed by atoms with Crippen LogP contribution in [0.1, 0.15) is 5.56 Å². The fraction of sp³-hybridized carbons (Fsp3) is 0.222. The van der Waals surface area contributed by atoms with Gasteiger partial charge in [0.15, 0.2) is 0 Å². The van der Waals surface area contributed by atoms with E-state index in [4.69, 9.17) is 4.74 Å². The summed E-state index contributed by atoms with van der Waals surface area (Å²) >= 11 is 1.87. The summed E-state index contributed by atoms with van der Waals surface area (Å²) in [6.07, 6.45) is 5.70. The number of ether oxygens (including phenoxy) is 1. The van der Waals surface area contributed by atoms with Crippen molar-refractivity contribution in [1.29, 1.82) is 0 Å². The molecule has 0 saturated carbocycles. The molecule has 0 unspecified atom stereocenters. The molecule has 2 aromatic heterocycles. The van der Waals surface area contributed by atoms with Gasteiger partial charge in [-0.1, -0.05) is 6.07 Å². The van der Waals surface area contributed by atoms with Crippen LogP contribution >= 0.6 is 11.8 Å². The van der Waals surface area contributed by atoms with Gasteiger partial charge in [-0.25, -0.2) is 9.97 Å². The van der Waals surface area contributed by atoms with Crippen LogP contribution in [0.15, 0.2) is 43.0 Å². The summed E-state index contributed by atoms with van der Waals surface area (Å²) in [5, 5.41) is 4.41. The number of rotatable bonds is 2. The van der Waals surface area contributed by atoms with E-state index in [1.54, 1.807) is 6.33 Å². The number of hydrogen-bond acceptors (Lipinski definition) is 6. The Balaban J connectivity index is 1.53. The van der Waals surface area contributed by atoms with Crippen molar-refractivity contribution < 1.29 is 4.74 Å². The van der Waals surface area contributed by atoms with E-state index in [1.165, 1.54) is 10.5 Å². The molecule has 0 atom stereocenters. The zero-order valence-corrected chi connectivity index (χ0v) is 14.3. The van der Waals surface area contributed by atoms with Crippen molar-refractivity contribution in [3.8, 4) is 5.75 Å². The van der Waals surface area contributed by atoms with Gasteiger partial charge >= 0.3 is 0 Å². The molecule has 25 heavy (non-hydrogen) atoms. The molecule has 6 nitrogen and oxygen atoms in total. The Morgan fingerprint density at radius 2 is 2.20 bits per heavy atom. The van der Waals surface area contributed by atoms with Crippen molar-refractivity contribution >= 4 is 39.2 Å². The highest BCUT2D eigenvalue weighted by molar-refractivity contribution is 8.08.